The van der Waals surface area contributed by atoms with Crippen LogP contribution in [0.1, 0.15) is 51.7 Å². The highest BCUT2D eigenvalue weighted by Crippen LogP contribution is 2.21. The van der Waals surface area contributed by atoms with Gasteiger partial charge in [0.25, 0.3) is 0 Å². The first-order valence-corrected chi connectivity index (χ1v) is 8.22. The molecular weight excluding hydrogens is 260 g/mol. The van der Waals surface area contributed by atoms with Gasteiger partial charge >= 0.3 is 0 Å². The summed E-state index contributed by atoms with van der Waals surface area (Å²) in [5.74, 6) is 0.993. The van der Waals surface area contributed by atoms with Crippen molar-refractivity contribution in [3.8, 4) is 5.75 Å². The lowest BCUT2D eigenvalue weighted by Gasteiger charge is -2.21. The molecule has 0 aromatic heterocycles. The van der Waals surface area contributed by atoms with E-state index in [-0.39, 0.29) is 0 Å². The second-order valence-electron chi connectivity index (χ2n) is 5.90. The van der Waals surface area contributed by atoms with Crippen molar-refractivity contribution in [1.29, 1.82) is 0 Å². The zero-order valence-electron chi connectivity index (χ0n) is 14.4. The molecule has 0 radical (unpaired) electrons. The Morgan fingerprint density at radius 2 is 2.00 bits per heavy atom. The number of rotatable bonds is 10. The molecule has 0 heterocycles. The quantitative estimate of drug-likeness (QED) is 0.709. The molecule has 1 aromatic rings. The van der Waals surface area contributed by atoms with Crippen LogP contribution in [0.3, 0.4) is 0 Å². The van der Waals surface area contributed by atoms with Gasteiger partial charge in [0.05, 0.1) is 7.11 Å². The minimum absolute atomic E-state index is 0.485. The first-order valence-electron chi connectivity index (χ1n) is 8.22. The van der Waals surface area contributed by atoms with Gasteiger partial charge in [0.2, 0.25) is 0 Å². The summed E-state index contributed by atoms with van der Waals surface area (Å²) in [5, 5.41) is 3.45. The maximum atomic E-state index is 5.56. The molecule has 0 atom stereocenters. The zero-order chi connectivity index (χ0) is 15.7. The van der Waals surface area contributed by atoms with Crippen molar-refractivity contribution in [2.24, 2.45) is 0 Å². The van der Waals surface area contributed by atoms with E-state index in [0.717, 1.165) is 25.4 Å². The largest absolute Gasteiger partial charge is 0.496 e. The SMILES string of the molecule is CCCCN(CC)Cc1ccc(CNC(C)C)c(OC)c1. The van der Waals surface area contributed by atoms with Crippen molar-refractivity contribution in [2.45, 2.75) is 59.7 Å². The van der Waals surface area contributed by atoms with E-state index in [2.05, 4.69) is 56.1 Å². The van der Waals surface area contributed by atoms with Gasteiger partial charge in [0.15, 0.2) is 0 Å². The predicted octanol–water partition coefficient (Wildman–Crippen LogP) is 3.82. The molecule has 0 aliphatic heterocycles. The van der Waals surface area contributed by atoms with Crippen LogP contribution in [0, 0.1) is 0 Å². The van der Waals surface area contributed by atoms with Gasteiger partial charge in [-0.15, -0.1) is 0 Å². The van der Waals surface area contributed by atoms with Crippen molar-refractivity contribution in [3.05, 3.63) is 29.3 Å². The Morgan fingerprint density at radius 1 is 1.24 bits per heavy atom. The Labute approximate surface area is 130 Å². The first-order chi connectivity index (χ1) is 10.1. The van der Waals surface area contributed by atoms with Crippen LogP contribution >= 0.6 is 0 Å². The third kappa shape index (κ3) is 6.49. The monoisotopic (exact) mass is 292 g/mol. The van der Waals surface area contributed by atoms with Crippen molar-refractivity contribution in [2.75, 3.05) is 20.2 Å². The molecular formula is C18H32N2O. The van der Waals surface area contributed by atoms with E-state index in [1.807, 2.05) is 0 Å². The van der Waals surface area contributed by atoms with Gasteiger partial charge in [-0.05, 0) is 31.1 Å². The van der Waals surface area contributed by atoms with E-state index in [0.29, 0.717) is 6.04 Å². The molecule has 0 unspecified atom stereocenters. The van der Waals surface area contributed by atoms with Gasteiger partial charge < -0.3 is 10.1 Å². The van der Waals surface area contributed by atoms with E-state index in [1.165, 1.54) is 30.5 Å². The Bertz CT molecular complexity index is 404. The fraction of sp³-hybridized carbons (Fsp3) is 0.667. The molecule has 120 valence electrons. The van der Waals surface area contributed by atoms with E-state index in [4.69, 9.17) is 4.74 Å². The number of nitrogens with zero attached hydrogens (tertiary/aromatic N) is 1. The summed E-state index contributed by atoms with van der Waals surface area (Å²) in [5.41, 5.74) is 2.56. The summed E-state index contributed by atoms with van der Waals surface area (Å²) in [4.78, 5) is 2.49. The predicted molar refractivity (Wildman–Crippen MR) is 90.8 cm³/mol. The normalized spacial score (nSPS) is 11.4. The molecule has 3 nitrogen and oxygen atoms in total. The molecule has 0 saturated heterocycles. The molecule has 0 bridgehead atoms. The summed E-state index contributed by atoms with van der Waals surface area (Å²) < 4.78 is 5.56. The van der Waals surface area contributed by atoms with Gasteiger partial charge in [-0.1, -0.05) is 46.2 Å². The maximum absolute atomic E-state index is 5.56. The van der Waals surface area contributed by atoms with Crippen LogP contribution in [-0.4, -0.2) is 31.1 Å². The number of benzene rings is 1. The molecule has 0 spiro atoms. The lowest BCUT2D eigenvalue weighted by Crippen LogP contribution is -2.24. The lowest BCUT2D eigenvalue weighted by molar-refractivity contribution is 0.275. The summed E-state index contributed by atoms with van der Waals surface area (Å²) >= 11 is 0. The number of nitrogens with one attached hydrogen (secondary N) is 1. The van der Waals surface area contributed by atoms with Gasteiger partial charge in [-0.2, -0.15) is 0 Å². The number of methoxy groups -OCH3 is 1. The number of hydrogen-bond donors (Lipinski definition) is 1. The van der Waals surface area contributed by atoms with E-state index >= 15 is 0 Å². The minimum atomic E-state index is 0.485. The fourth-order valence-electron chi connectivity index (χ4n) is 2.34. The maximum Gasteiger partial charge on any atom is 0.123 e. The Kier molecular flexibility index (Phi) is 8.40. The van der Waals surface area contributed by atoms with Gasteiger partial charge in [0, 0.05) is 24.7 Å². The van der Waals surface area contributed by atoms with E-state index < -0.39 is 0 Å². The Morgan fingerprint density at radius 3 is 2.57 bits per heavy atom. The van der Waals surface area contributed by atoms with E-state index in [9.17, 15) is 0 Å². The van der Waals surface area contributed by atoms with Gasteiger partial charge in [-0.3, -0.25) is 4.90 Å². The summed E-state index contributed by atoms with van der Waals surface area (Å²) in [6.07, 6.45) is 2.51. The molecule has 1 rings (SSSR count). The minimum Gasteiger partial charge on any atom is -0.496 e. The molecule has 1 N–H and O–H groups in total. The smallest absolute Gasteiger partial charge is 0.123 e. The molecule has 0 saturated carbocycles. The Balaban J connectivity index is 2.71. The highest BCUT2D eigenvalue weighted by atomic mass is 16.5. The van der Waals surface area contributed by atoms with Crippen LogP contribution in [0.15, 0.2) is 18.2 Å². The molecule has 0 aliphatic carbocycles. The van der Waals surface area contributed by atoms with Crippen LogP contribution in [0.4, 0.5) is 0 Å². The summed E-state index contributed by atoms with van der Waals surface area (Å²) in [6.45, 7) is 12.9. The first kappa shape index (κ1) is 18.0. The summed E-state index contributed by atoms with van der Waals surface area (Å²) in [7, 11) is 1.76. The highest BCUT2D eigenvalue weighted by Gasteiger charge is 2.08. The van der Waals surface area contributed by atoms with Crippen molar-refractivity contribution < 1.29 is 4.74 Å². The summed E-state index contributed by atoms with van der Waals surface area (Å²) in [6, 6.07) is 7.09. The molecule has 0 aliphatic rings. The number of hydrogen-bond acceptors (Lipinski definition) is 3. The topological polar surface area (TPSA) is 24.5 Å². The van der Waals surface area contributed by atoms with Crippen LogP contribution in [-0.2, 0) is 13.1 Å². The highest BCUT2D eigenvalue weighted by molar-refractivity contribution is 5.37. The number of unbranched alkanes of at least 4 members (excludes halogenated alkanes) is 1. The van der Waals surface area contributed by atoms with Crippen molar-refractivity contribution >= 4 is 0 Å². The standard InChI is InChI=1S/C18H32N2O/c1-6-8-11-20(7-2)14-16-9-10-17(13-19-15(3)4)18(12-16)21-5/h9-10,12,15,19H,6-8,11,13-14H2,1-5H3. The van der Waals surface area contributed by atoms with Crippen LogP contribution < -0.4 is 10.1 Å². The van der Waals surface area contributed by atoms with Crippen LogP contribution in [0.25, 0.3) is 0 Å². The van der Waals surface area contributed by atoms with Crippen molar-refractivity contribution in [3.63, 3.8) is 0 Å². The molecule has 3 heteroatoms. The third-order valence-corrected chi connectivity index (χ3v) is 3.73. The van der Waals surface area contributed by atoms with Crippen molar-refractivity contribution in [1.82, 2.24) is 10.2 Å². The second kappa shape index (κ2) is 9.80. The molecule has 21 heavy (non-hydrogen) atoms. The lowest BCUT2D eigenvalue weighted by atomic mass is 10.1. The zero-order valence-corrected chi connectivity index (χ0v) is 14.4. The molecule has 0 amide bonds. The fourth-order valence-corrected chi connectivity index (χ4v) is 2.34. The molecule has 0 fully saturated rings. The average Bonchev–Trinajstić information content (AvgIpc) is 2.49. The second-order valence-corrected chi connectivity index (χ2v) is 5.90. The molecule has 1 aromatic carbocycles. The van der Waals surface area contributed by atoms with Gasteiger partial charge in [0.1, 0.15) is 5.75 Å². The average molecular weight is 292 g/mol. The Hall–Kier alpha value is -1.06. The van der Waals surface area contributed by atoms with Gasteiger partial charge in [-0.25, -0.2) is 0 Å². The van der Waals surface area contributed by atoms with Crippen LogP contribution in [0.5, 0.6) is 5.75 Å². The van der Waals surface area contributed by atoms with Crippen LogP contribution in [0.2, 0.25) is 0 Å². The number of ether oxygens (including phenoxy) is 1. The van der Waals surface area contributed by atoms with E-state index in [1.54, 1.807) is 7.11 Å². The third-order valence-electron chi connectivity index (χ3n) is 3.73.